The van der Waals surface area contributed by atoms with Crippen LogP contribution in [0.25, 0.3) is 6.08 Å². The summed E-state index contributed by atoms with van der Waals surface area (Å²) in [5.74, 6) is -0.106. The Kier molecular flexibility index (Phi) is 4.09. The Morgan fingerprint density at radius 1 is 1.36 bits per heavy atom. The van der Waals surface area contributed by atoms with Crippen LogP contribution in [-0.4, -0.2) is 11.0 Å². The van der Waals surface area contributed by atoms with Crippen LogP contribution in [0.4, 0.5) is 5.69 Å². The largest absolute Gasteiger partial charge is 0.327 e. The highest BCUT2D eigenvalue weighted by Crippen LogP contribution is 2.25. The normalized spacial score (nSPS) is 16.5. The number of hydrogen-bond donors (Lipinski definition) is 1. The first-order chi connectivity index (χ1) is 10.6. The summed E-state index contributed by atoms with van der Waals surface area (Å²) in [6.07, 6.45) is 2.80. The molecular formula is C17H16N2OS2. The molecule has 1 saturated heterocycles. The fraction of sp³-hybridized carbons (Fsp3) is 0.176. The van der Waals surface area contributed by atoms with Crippen molar-refractivity contribution in [3.8, 4) is 0 Å². The van der Waals surface area contributed by atoms with Gasteiger partial charge in [0, 0.05) is 4.88 Å². The zero-order chi connectivity index (χ0) is 15.7. The molecule has 0 radical (unpaired) electrons. The van der Waals surface area contributed by atoms with E-state index in [1.807, 2.05) is 48.7 Å². The Morgan fingerprint density at radius 3 is 2.86 bits per heavy atom. The Balaban J connectivity index is 1.95. The highest BCUT2D eigenvalue weighted by molar-refractivity contribution is 7.80. The average molecular weight is 328 g/mol. The van der Waals surface area contributed by atoms with Crippen LogP contribution < -0.4 is 10.2 Å². The second-order valence-electron chi connectivity index (χ2n) is 5.12. The van der Waals surface area contributed by atoms with E-state index in [1.165, 1.54) is 5.56 Å². The third-order valence-electron chi connectivity index (χ3n) is 3.63. The van der Waals surface area contributed by atoms with E-state index in [0.29, 0.717) is 10.8 Å². The number of benzene rings is 1. The van der Waals surface area contributed by atoms with Crippen molar-refractivity contribution in [1.29, 1.82) is 0 Å². The zero-order valence-corrected chi connectivity index (χ0v) is 14.1. The molecular weight excluding hydrogens is 312 g/mol. The number of thiophene rings is 1. The van der Waals surface area contributed by atoms with E-state index in [9.17, 15) is 4.79 Å². The van der Waals surface area contributed by atoms with Gasteiger partial charge < -0.3 is 5.32 Å². The number of carbonyl (C=O) groups excluding carboxylic acids is 1. The average Bonchev–Trinajstić information content (AvgIpc) is 3.03. The molecule has 0 saturated carbocycles. The van der Waals surface area contributed by atoms with Gasteiger partial charge >= 0.3 is 0 Å². The minimum absolute atomic E-state index is 0.106. The lowest BCUT2D eigenvalue weighted by Crippen LogP contribution is -2.30. The number of aryl methyl sites for hydroxylation is 2. The molecule has 112 valence electrons. The van der Waals surface area contributed by atoms with Crippen molar-refractivity contribution in [2.24, 2.45) is 0 Å². The number of anilines is 1. The summed E-state index contributed by atoms with van der Waals surface area (Å²) in [6.45, 7) is 4.12. The van der Waals surface area contributed by atoms with Gasteiger partial charge in [-0.25, -0.2) is 0 Å². The van der Waals surface area contributed by atoms with Crippen molar-refractivity contribution in [2.45, 2.75) is 20.3 Å². The quantitative estimate of drug-likeness (QED) is 0.685. The maximum atomic E-state index is 12.7. The SMILES string of the molecule is CCc1cccc(N2C(=O)/C(=C\c3sccc3C)NC2=S)c1. The predicted octanol–water partition coefficient (Wildman–Crippen LogP) is 3.88. The molecule has 3 nitrogen and oxygen atoms in total. The molecule has 2 aromatic rings. The van der Waals surface area contributed by atoms with Gasteiger partial charge in [-0.2, -0.15) is 0 Å². The smallest absolute Gasteiger partial charge is 0.281 e. The third kappa shape index (κ3) is 2.69. The molecule has 1 N–H and O–H groups in total. The second kappa shape index (κ2) is 6.02. The number of nitrogens with one attached hydrogen (secondary N) is 1. The predicted molar refractivity (Wildman–Crippen MR) is 96.1 cm³/mol. The Hall–Kier alpha value is -1.98. The van der Waals surface area contributed by atoms with Crippen molar-refractivity contribution >= 4 is 46.3 Å². The van der Waals surface area contributed by atoms with Crippen molar-refractivity contribution in [1.82, 2.24) is 5.32 Å². The van der Waals surface area contributed by atoms with E-state index in [4.69, 9.17) is 12.2 Å². The maximum absolute atomic E-state index is 12.7. The van der Waals surface area contributed by atoms with Gasteiger partial charge in [-0.05, 0) is 66.3 Å². The number of thiocarbonyl (C=S) groups is 1. The van der Waals surface area contributed by atoms with Gasteiger partial charge in [-0.15, -0.1) is 11.3 Å². The zero-order valence-electron chi connectivity index (χ0n) is 12.4. The molecule has 1 amide bonds. The summed E-state index contributed by atoms with van der Waals surface area (Å²) in [7, 11) is 0. The Bertz CT molecular complexity index is 776. The van der Waals surface area contributed by atoms with Crippen molar-refractivity contribution < 1.29 is 4.79 Å². The second-order valence-corrected chi connectivity index (χ2v) is 6.45. The number of carbonyl (C=O) groups is 1. The van der Waals surface area contributed by atoms with E-state index in [2.05, 4.69) is 12.2 Å². The van der Waals surface area contributed by atoms with Crippen LogP contribution in [0.3, 0.4) is 0 Å². The molecule has 0 unspecified atom stereocenters. The van der Waals surface area contributed by atoms with Crippen molar-refractivity contribution in [3.05, 3.63) is 57.4 Å². The topological polar surface area (TPSA) is 32.3 Å². The summed E-state index contributed by atoms with van der Waals surface area (Å²) in [4.78, 5) is 15.3. The molecule has 1 aromatic heterocycles. The van der Waals surface area contributed by atoms with Crippen LogP contribution in [0.15, 0.2) is 41.4 Å². The maximum Gasteiger partial charge on any atom is 0.281 e. The van der Waals surface area contributed by atoms with E-state index < -0.39 is 0 Å². The first kappa shape index (κ1) is 14.9. The summed E-state index contributed by atoms with van der Waals surface area (Å²) < 4.78 is 0. The van der Waals surface area contributed by atoms with Crippen LogP contribution in [0.2, 0.25) is 0 Å². The number of nitrogens with zero attached hydrogens (tertiary/aromatic N) is 1. The van der Waals surface area contributed by atoms with Crippen LogP contribution in [0, 0.1) is 6.92 Å². The van der Waals surface area contributed by atoms with E-state index in [1.54, 1.807) is 16.2 Å². The summed E-state index contributed by atoms with van der Waals surface area (Å²) >= 11 is 6.95. The number of hydrogen-bond acceptors (Lipinski definition) is 3. The lowest BCUT2D eigenvalue weighted by Gasteiger charge is -2.14. The molecule has 5 heteroatoms. The molecule has 1 aliphatic rings. The number of amides is 1. The van der Waals surface area contributed by atoms with Gasteiger partial charge in [0.2, 0.25) is 0 Å². The molecule has 0 bridgehead atoms. The molecule has 0 aliphatic carbocycles. The Morgan fingerprint density at radius 2 is 2.18 bits per heavy atom. The van der Waals surface area contributed by atoms with Gasteiger partial charge in [-0.1, -0.05) is 19.1 Å². The highest BCUT2D eigenvalue weighted by atomic mass is 32.1. The minimum Gasteiger partial charge on any atom is -0.327 e. The Labute approximate surface area is 139 Å². The van der Waals surface area contributed by atoms with Crippen molar-refractivity contribution in [2.75, 3.05) is 4.90 Å². The summed E-state index contributed by atoms with van der Waals surface area (Å²) in [6, 6.07) is 9.95. The molecule has 1 aliphatic heterocycles. The molecule has 3 rings (SSSR count). The summed E-state index contributed by atoms with van der Waals surface area (Å²) in [5.41, 5.74) is 3.68. The van der Waals surface area contributed by atoms with Gasteiger partial charge in [0.1, 0.15) is 5.70 Å². The van der Waals surface area contributed by atoms with Crippen LogP contribution in [0.1, 0.15) is 22.9 Å². The standard InChI is InChI=1S/C17H16N2OS2/c1-3-12-5-4-6-13(9-12)19-16(20)14(18-17(19)21)10-15-11(2)7-8-22-15/h4-10H,3H2,1-2H3,(H,18,21)/b14-10+. The molecule has 0 spiro atoms. The first-order valence-electron chi connectivity index (χ1n) is 7.10. The van der Waals surface area contributed by atoms with Gasteiger partial charge in [0.15, 0.2) is 5.11 Å². The monoisotopic (exact) mass is 328 g/mol. The summed E-state index contributed by atoms with van der Waals surface area (Å²) in [5, 5.41) is 5.48. The van der Waals surface area contributed by atoms with Crippen molar-refractivity contribution in [3.63, 3.8) is 0 Å². The van der Waals surface area contributed by atoms with E-state index in [0.717, 1.165) is 22.5 Å². The first-order valence-corrected chi connectivity index (χ1v) is 8.39. The lowest BCUT2D eigenvalue weighted by molar-refractivity contribution is -0.113. The van der Waals surface area contributed by atoms with E-state index in [-0.39, 0.29) is 5.91 Å². The van der Waals surface area contributed by atoms with E-state index >= 15 is 0 Å². The number of rotatable bonds is 3. The van der Waals surface area contributed by atoms with Crippen LogP contribution >= 0.6 is 23.6 Å². The fourth-order valence-electron chi connectivity index (χ4n) is 2.35. The van der Waals surface area contributed by atoms with Gasteiger partial charge in [-0.3, -0.25) is 9.69 Å². The van der Waals surface area contributed by atoms with Crippen LogP contribution in [0.5, 0.6) is 0 Å². The fourth-order valence-corrected chi connectivity index (χ4v) is 3.51. The minimum atomic E-state index is -0.106. The molecule has 1 aromatic carbocycles. The van der Waals surface area contributed by atoms with Gasteiger partial charge in [0.25, 0.3) is 5.91 Å². The third-order valence-corrected chi connectivity index (χ3v) is 4.88. The molecule has 1 fully saturated rings. The van der Waals surface area contributed by atoms with Crippen LogP contribution in [-0.2, 0) is 11.2 Å². The lowest BCUT2D eigenvalue weighted by atomic mass is 10.1. The van der Waals surface area contributed by atoms with Gasteiger partial charge in [0.05, 0.1) is 5.69 Å². The molecule has 22 heavy (non-hydrogen) atoms. The molecule has 2 heterocycles. The highest BCUT2D eigenvalue weighted by Gasteiger charge is 2.32. The molecule has 0 atom stereocenters.